The van der Waals surface area contributed by atoms with E-state index < -0.39 is 5.41 Å². The molecule has 0 saturated carbocycles. The lowest BCUT2D eigenvalue weighted by molar-refractivity contribution is -0.122. The number of rotatable bonds is 5. The van der Waals surface area contributed by atoms with Crippen molar-refractivity contribution in [3.05, 3.63) is 47.8 Å². The van der Waals surface area contributed by atoms with Gasteiger partial charge in [0.25, 0.3) is 0 Å². The number of hydrogen-bond donors (Lipinski definition) is 0. The molecular weight excluding hydrogens is 318 g/mol. The average molecular weight is 341 g/mol. The Kier molecular flexibility index (Phi) is 5.15. The van der Waals surface area contributed by atoms with E-state index in [1.165, 1.54) is 17.3 Å². The van der Waals surface area contributed by atoms with Crippen molar-refractivity contribution in [1.82, 2.24) is 24.6 Å². The molecule has 0 aromatic carbocycles. The van der Waals surface area contributed by atoms with E-state index in [0.717, 1.165) is 0 Å². The second kappa shape index (κ2) is 6.96. The molecule has 0 N–H and O–H groups in total. The number of hydrogen-bond acceptors (Lipinski definition) is 6. The molecule has 25 heavy (non-hydrogen) atoms. The third-order valence-electron chi connectivity index (χ3n) is 3.53. The van der Waals surface area contributed by atoms with Crippen molar-refractivity contribution in [2.75, 3.05) is 14.1 Å². The Morgan fingerprint density at radius 3 is 2.36 bits per heavy atom. The Bertz CT molecular complexity index is 814. The molecule has 0 radical (unpaired) electrons. The lowest BCUT2D eigenvalue weighted by Crippen LogP contribution is -2.28. The third kappa shape index (κ3) is 4.17. The Hall–Kier alpha value is -2.83. The van der Waals surface area contributed by atoms with Crippen LogP contribution in [0, 0.1) is 12.3 Å². The molecule has 7 nitrogen and oxygen atoms in total. The molecule has 0 fully saturated rings. The molecule has 0 bridgehead atoms. The van der Waals surface area contributed by atoms with Crippen LogP contribution in [0.25, 0.3) is 5.82 Å². The summed E-state index contributed by atoms with van der Waals surface area (Å²) in [5.74, 6) is 0.0292. The first-order valence-corrected chi connectivity index (χ1v) is 7.91. The van der Waals surface area contributed by atoms with Gasteiger partial charge in [0.2, 0.25) is 0 Å². The molecule has 0 atom stereocenters. The van der Waals surface area contributed by atoms with Crippen LogP contribution in [-0.2, 0) is 4.79 Å². The van der Waals surface area contributed by atoms with Gasteiger partial charge in [-0.25, -0.2) is 14.6 Å². The summed E-state index contributed by atoms with van der Waals surface area (Å²) in [6.07, 6.45) is 4.51. The molecule has 2 rings (SSSR count). The molecule has 7 heteroatoms. The molecule has 0 unspecified atom stereocenters. The van der Waals surface area contributed by atoms with E-state index in [-0.39, 0.29) is 17.1 Å². The van der Waals surface area contributed by atoms with E-state index in [0.29, 0.717) is 17.1 Å². The number of nitrogens with zero attached hydrogens (tertiary/aromatic N) is 5. The summed E-state index contributed by atoms with van der Waals surface area (Å²) in [6, 6.07) is 3.35. The molecule has 0 aliphatic heterocycles. The Morgan fingerprint density at radius 2 is 1.88 bits per heavy atom. The van der Waals surface area contributed by atoms with Gasteiger partial charge in [-0.05, 0) is 19.1 Å². The van der Waals surface area contributed by atoms with Gasteiger partial charge in [-0.15, -0.1) is 0 Å². The predicted octanol–water partition coefficient (Wildman–Crippen LogP) is 2.21. The van der Waals surface area contributed by atoms with Gasteiger partial charge in [0.05, 0.1) is 11.3 Å². The van der Waals surface area contributed by atoms with Crippen LogP contribution in [-0.4, -0.2) is 50.3 Å². The molecule has 0 amide bonds. The monoisotopic (exact) mass is 341 g/mol. The summed E-state index contributed by atoms with van der Waals surface area (Å²) in [7, 11) is 3.56. The van der Waals surface area contributed by atoms with Crippen molar-refractivity contribution in [3.8, 4) is 5.82 Å². The van der Waals surface area contributed by atoms with Gasteiger partial charge in [-0.2, -0.15) is 5.10 Å². The van der Waals surface area contributed by atoms with E-state index >= 15 is 0 Å². The number of allylic oxidation sites excluding steroid dienone is 1. The molecule has 2 heterocycles. The summed E-state index contributed by atoms with van der Waals surface area (Å²) in [5, 5.41) is 4.02. The van der Waals surface area contributed by atoms with Crippen LogP contribution in [0.1, 0.15) is 36.8 Å². The first-order valence-electron chi connectivity index (χ1n) is 7.91. The van der Waals surface area contributed by atoms with Gasteiger partial charge in [0.1, 0.15) is 12.7 Å². The zero-order valence-electron chi connectivity index (χ0n) is 15.4. The standard InChI is InChI=1S/C18H23N5O2/c1-12-13(7-8-15(21-12)23-11-19-10-20-23)16(24)14(9-22(5)6)17(25)18(2,3)4/h7-11H,1-6H3/b14-9-. The number of pyridine rings is 1. The largest absolute Gasteiger partial charge is 0.383 e. The number of aromatic nitrogens is 4. The van der Waals surface area contributed by atoms with Crippen LogP contribution >= 0.6 is 0 Å². The second-order valence-electron chi connectivity index (χ2n) is 7.06. The second-order valence-corrected chi connectivity index (χ2v) is 7.06. The summed E-state index contributed by atoms with van der Waals surface area (Å²) in [6.45, 7) is 7.13. The lowest BCUT2D eigenvalue weighted by atomic mass is 9.83. The molecule has 0 saturated heterocycles. The highest BCUT2D eigenvalue weighted by molar-refractivity contribution is 6.27. The van der Waals surface area contributed by atoms with E-state index in [9.17, 15) is 9.59 Å². The molecule has 0 spiro atoms. The number of carbonyl (C=O) groups is 2. The maximum atomic E-state index is 13.0. The summed E-state index contributed by atoms with van der Waals surface area (Å²) in [4.78, 5) is 35.7. The van der Waals surface area contributed by atoms with Crippen LogP contribution in [0.3, 0.4) is 0 Å². The van der Waals surface area contributed by atoms with E-state index in [4.69, 9.17) is 0 Å². The van der Waals surface area contributed by atoms with Gasteiger partial charge in [-0.3, -0.25) is 9.59 Å². The molecule has 2 aromatic rings. The van der Waals surface area contributed by atoms with Crippen molar-refractivity contribution in [2.24, 2.45) is 5.41 Å². The lowest BCUT2D eigenvalue weighted by Gasteiger charge is -2.20. The Labute approximate surface area is 147 Å². The van der Waals surface area contributed by atoms with Gasteiger partial charge in [0.15, 0.2) is 17.4 Å². The smallest absolute Gasteiger partial charge is 0.199 e. The SMILES string of the molecule is Cc1nc(-n2cncn2)ccc1C(=O)/C(=C/N(C)C)C(=O)C(C)(C)C. The number of ketones is 2. The number of carbonyl (C=O) groups excluding carboxylic acids is 2. The van der Waals surface area contributed by atoms with E-state index in [2.05, 4.69) is 15.1 Å². The quantitative estimate of drug-likeness (QED) is 0.359. The predicted molar refractivity (Wildman–Crippen MR) is 94.5 cm³/mol. The zero-order valence-corrected chi connectivity index (χ0v) is 15.4. The van der Waals surface area contributed by atoms with E-state index in [1.54, 1.807) is 65.0 Å². The normalized spacial score (nSPS) is 12.2. The van der Waals surface area contributed by atoms with Gasteiger partial charge in [0, 0.05) is 31.3 Å². The van der Waals surface area contributed by atoms with Gasteiger partial charge < -0.3 is 4.90 Å². The van der Waals surface area contributed by atoms with Crippen LogP contribution in [0.5, 0.6) is 0 Å². The van der Waals surface area contributed by atoms with Crippen LogP contribution < -0.4 is 0 Å². The summed E-state index contributed by atoms with van der Waals surface area (Å²) >= 11 is 0. The van der Waals surface area contributed by atoms with Crippen molar-refractivity contribution >= 4 is 11.6 Å². The summed E-state index contributed by atoms with van der Waals surface area (Å²) < 4.78 is 1.51. The first-order chi connectivity index (χ1) is 11.6. The van der Waals surface area contributed by atoms with Crippen LogP contribution in [0.2, 0.25) is 0 Å². The Balaban J connectivity index is 2.45. The van der Waals surface area contributed by atoms with Crippen LogP contribution in [0.15, 0.2) is 36.6 Å². The van der Waals surface area contributed by atoms with Crippen molar-refractivity contribution in [1.29, 1.82) is 0 Å². The zero-order chi connectivity index (χ0) is 18.8. The highest BCUT2D eigenvalue weighted by Gasteiger charge is 2.30. The average Bonchev–Trinajstić information content (AvgIpc) is 3.04. The molecule has 2 aromatic heterocycles. The maximum absolute atomic E-state index is 13.0. The fraction of sp³-hybridized carbons (Fsp3) is 0.389. The molecule has 0 aliphatic rings. The number of Topliss-reactive ketones (excluding diaryl/α,β-unsaturated/α-hetero) is 2. The highest BCUT2D eigenvalue weighted by Crippen LogP contribution is 2.24. The first kappa shape index (κ1) is 18.5. The minimum absolute atomic E-state index is 0.149. The van der Waals surface area contributed by atoms with Crippen LogP contribution in [0.4, 0.5) is 0 Å². The summed E-state index contributed by atoms with van der Waals surface area (Å²) in [5.41, 5.74) is 0.425. The molecule has 132 valence electrons. The Morgan fingerprint density at radius 1 is 1.20 bits per heavy atom. The number of aryl methyl sites for hydroxylation is 1. The van der Waals surface area contributed by atoms with Crippen molar-refractivity contribution < 1.29 is 9.59 Å². The van der Waals surface area contributed by atoms with Gasteiger partial charge >= 0.3 is 0 Å². The topological polar surface area (TPSA) is 81.0 Å². The fourth-order valence-corrected chi connectivity index (χ4v) is 2.27. The van der Waals surface area contributed by atoms with Gasteiger partial charge in [-0.1, -0.05) is 20.8 Å². The van der Waals surface area contributed by atoms with E-state index in [1.807, 2.05) is 0 Å². The van der Waals surface area contributed by atoms with Crippen molar-refractivity contribution in [3.63, 3.8) is 0 Å². The molecule has 0 aliphatic carbocycles. The highest BCUT2D eigenvalue weighted by atomic mass is 16.2. The third-order valence-corrected chi connectivity index (χ3v) is 3.53. The maximum Gasteiger partial charge on any atom is 0.199 e. The van der Waals surface area contributed by atoms with Crippen molar-refractivity contribution in [2.45, 2.75) is 27.7 Å². The minimum atomic E-state index is -0.653. The minimum Gasteiger partial charge on any atom is -0.383 e. The molecular formula is C18H23N5O2. The fourth-order valence-electron chi connectivity index (χ4n) is 2.27.